The van der Waals surface area contributed by atoms with Gasteiger partial charge >= 0.3 is 0 Å². The van der Waals surface area contributed by atoms with Crippen LogP contribution in [0.15, 0.2) is 48.5 Å². The number of ether oxygens (including phenoxy) is 2. The normalized spacial score (nSPS) is 20.3. The maximum atomic E-state index is 5.52. The summed E-state index contributed by atoms with van der Waals surface area (Å²) in [5.74, 6) is 1.47. The van der Waals surface area contributed by atoms with Crippen molar-refractivity contribution < 1.29 is 9.47 Å². The van der Waals surface area contributed by atoms with E-state index in [9.17, 15) is 0 Å². The Bertz CT molecular complexity index is 723. The highest BCUT2D eigenvalue weighted by Crippen LogP contribution is 2.34. The van der Waals surface area contributed by atoms with E-state index in [1.54, 1.807) is 14.2 Å². The fourth-order valence-corrected chi connectivity index (χ4v) is 3.03. The van der Waals surface area contributed by atoms with Crippen LogP contribution in [-0.2, 0) is 5.66 Å². The van der Waals surface area contributed by atoms with Crippen molar-refractivity contribution in [2.45, 2.75) is 12.6 Å². The molecule has 1 unspecified atom stereocenters. The van der Waals surface area contributed by atoms with Gasteiger partial charge in [0, 0.05) is 11.6 Å². The third-order valence-electron chi connectivity index (χ3n) is 3.86. The number of nitrogens with zero attached hydrogens (tertiary/aromatic N) is 1. The molecule has 0 aliphatic carbocycles. The van der Waals surface area contributed by atoms with Crippen molar-refractivity contribution in [2.75, 3.05) is 19.2 Å². The average molecular weight is 329 g/mol. The molecule has 120 valence electrons. The summed E-state index contributed by atoms with van der Waals surface area (Å²) in [6, 6.07) is 15.7. The summed E-state index contributed by atoms with van der Waals surface area (Å²) in [6.07, 6.45) is 0. The number of methoxy groups -OCH3 is 2. The zero-order valence-corrected chi connectivity index (χ0v) is 14.1. The average Bonchev–Trinajstić information content (AvgIpc) is 2.90. The highest BCUT2D eigenvalue weighted by molar-refractivity contribution is 7.80. The predicted molar refractivity (Wildman–Crippen MR) is 94.7 cm³/mol. The molecule has 2 aromatic rings. The number of benzene rings is 2. The van der Waals surface area contributed by atoms with E-state index in [1.807, 2.05) is 60.5 Å². The summed E-state index contributed by atoms with van der Waals surface area (Å²) >= 11 is 5.49. The zero-order chi connectivity index (χ0) is 16.4. The van der Waals surface area contributed by atoms with E-state index < -0.39 is 5.66 Å². The predicted octanol–water partition coefficient (Wildman–Crippen LogP) is 2.78. The Balaban J connectivity index is 1.96. The summed E-state index contributed by atoms with van der Waals surface area (Å²) < 4.78 is 10.8. The second kappa shape index (κ2) is 6.06. The lowest BCUT2D eigenvalue weighted by Gasteiger charge is -2.27. The van der Waals surface area contributed by atoms with Gasteiger partial charge in [-0.3, -0.25) is 0 Å². The Kier molecular flexibility index (Phi) is 4.11. The summed E-state index contributed by atoms with van der Waals surface area (Å²) in [5.41, 5.74) is 4.76. The van der Waals surface area contributed by atoms with Crippen molar-refractivity contribution in [1.29, 1.82) is 0 Å². The lowest BCUT2D eigenvalue weighted by molar-refractivity contribution is 0.345. The van der Waals surface area contributed by atoms with Crippen LogP contribution in [0.1, 0.15) is 12.5 Å². The minimum Gasteiger partial charge on any atom is -0.497 e. The first-order chi connectivity index (χ1) is 11.1. The molecule has 0 bridgehead atoms. The maximum absolute atomic E-state index is 5.52. The van der Waals surface area contributed by atoms with Crippen molar-refractivity contribution in [1.82, 2.24) is 10.7 Å². The summed E-state index contributed by atoms with van der Waals surface area (Å²) in [7, 11) is 3.28. The van der Waals surface area contributed by atoms with Gasteiger partial charge in [0.15, 0.2) is 5.11 Å². The number of para-hydroxylation sites is 1. The van der Waals surface area contributed by atoms with Crippen LogP contribution in [0, 0.1) is 0 Å². The number of anilines is 1. The Labute approximate surface area is 141 Å². The largest absolute Gasteiger partial charge is 0.497 e. The number of hydrogen-bond donors (Lipinski definition) is 2. The van der Waals surface area contributed by atoms with Gasteiger partial charge < -0.3 is 14.8 Å². The first kappa shape index (κ1) is 15.6. The zero-order valence-electron chi connectivity index (χ0n) is 13.3. The van der Waals surface area contributed by atoms with Gasteiger partial charge in [-0.25, -0.2) is 5.01 Å². The molecular formula is C17H19N3O2S. The highest BCUT2D eigenvalue weighted by atomic mass is 32.1. The first-order valence-electron chi connectivity index (χ1n) is 7.25. The Morgan fingerprint density at radius 3 is 2.43 bits per heavy atom. The second-order valence-corrected chi connectivity index (χ2v) is 5.79. The topological polar surface area (TPSA) is 45.8 Å². The third kappa shape index (κ3) is 2.83. The van der Waals surface area contributed by atoms with E-state index in [4.69, 9.17) is 21.7 Å². The van der Waals surface area contributed by atoms with Gasteiger partial charge in [0.1, 0.15) is 17.2 Å². The van der Waals surface area contributed by atoms with E-state index in [0.29, 0.717) is 5.11 Å². The Morgan fingerprint density at radius 2 is 1.78 bits per heavy atom. The van der Waals surface area contributed by atoms with Crippen molar-refractivity contribution in [2.24, 2.45) is 0 Å². The summed E-state index contributed by atoms with van der Waals surface area (Å²) in [6.45, 7) is 2.02. The molecule has 23 heavy (non-hydrogen) atoms. The van der Waals surface area contributed by atoms with Crippen LogP contribution in [0.2, 0.25) is 0 Å². The maximum Gasteiger partial charge on any atom is 0.190 e. The van der Waals surface area contributed by atoms with E-state index in [-0.39, 0.29) is 0 Å². The molecule has 0 radical (unpaired) electrons. The molecule has 3 rings (SSSR count). The Hall–Kier alpha value is -2.31. The van der Waals surface area contributed by atoms with Gasteiger partial charge in [0.25, 0.3) is 0 Å². The second-order valence-electron chi connectivity index (χ2n) is 5.40. The molecule has 1 heterocycles. The minimum atomic E-state index is -0.579. The molecule has 1 aliphatic rings. The molecule has 0 saturated carbocycles. The monoisotopic (exact) mass is 329 g/mol. The van der Waals surface area contributed by atoms with Crippen LogP contribution in [0.5, 0.6) is 11.5 Å². The van der Waals surface area contributed by atoms with E-state index in [0.717, 1.165) is 22.7 Å². The minimum absolute atomic E-state index is 0.579. The van der Waals surface area contributed by atoms with Crippen molar-refractivity contribution in [3.05, 3.63) is 54.1 Å². The van der Waals surface area contributed by atoms with Gasteiger partial charge in [-0.05, 0) is 43.4 Å². The fourth-order valence-electron chi connectivity index (χ4n) is 2.67. The molecule has 2 N–H and O–H groups in total. The molecule has 0 spiro atoms. The van der Waals surface area contributed by atoms with E-state index in [2.05, 4.69) is 10.7 Å². The van der Waals surface area contributed by atoms with Crippen molar-refractivity contribution in [3.8, 4) is 11.5 Å². The number of nitrogens with one attached hydrogen (secondary N) is 2. The highest BCUT2D eigenvalue weighted by Gasteiger charge is 2.40. The van der Waals surface area contributed by atoms with Crippen LogP contribution in [0.4, 0.5) is 5.69 Å². The lowest BCUT2D eigenvalue weighted by Crippen LogP contribution is -2.46. The van der Waals surface area contributed by atoms with Crippen molar-refractivity contribution >= 4 is 23.0 Å². The molecule has 5 nitrogen and oxygen atoms in total. The number of rotatable bonds is 4. The molecule has 2 aromatic carbocycles. The molecule has 6 heteroatoms. The third-order valence-corrected chi connectivity index (χ3v) is 4.14. The molecule has 1 saturated heterocycles. The molecule has 1 fully saturated rings. The van der Waals surface area contributed by atoms with Gasteiger partial charge in [-0.2, -0.15) is 5.43 Å². The van der Waals surface area contributed by atoms with E-state index in [1.165, 1.54) is 0 Å². The van der Waals surface area contributed by atoms with Crippen LogP contribution in [0.3, 0.4) is 0 Å². The van der Waals surface area contributed by atoms with Gasteiger partial charge in [0.05, 0.1) is 19.9 Å². The van der Waals surface area contributed by atoms with Crippen LogP contribution >= 0.6 is 12.2 Å². The molecule has 0 aromatic heterocycles. The summed E-state index contributed by atoms with van der Waals surface area (Å²) in [4.78, 5) is 0. The number of hydrogen-bond acceptors (Lipinski definition) is 4. The first-order valence-corrected chi connectivity index (χ1v) is 7.66. The van der Waals surface area contributed by atoms with Crippen LogP contribution in [-0.4, -0.2) is 19.3 Å². The molecular weight excluding hydrogens is 310 g/mol. The molecule has 1 aliphatic heterocycles. The Morgan fingerprint density at radius 1 is 1.04 bits per heavy atom. The lowest BCUT2D eigenvalue weighted by atomic mass is 10.0. The van der Waals surface area contributed by atoms with Crippen molar-refractivity contribution in [3.63, 3.8) is 0 Å². The number of hydrazine groups is 1. The smallest absolute Gasteiger partial charge is 0.190 e. The number of thiocarbonyl (C=S) groups is 1. The van der Waals surface area contributed by atoms with Gasteiger partial charge in [0.2, 0.25) is 0 Å². The molecule has 1 atom stereocenters. The SMILES string of the molecule is COc1ccc(C2(C)NC(=S)N(c3ccccc3)N2)c(OC)c1. The van der Waals surface area contributed by atoms with Crippen LogP contribution in [0.25, 0.3) is 0 Å². The quantitative estimate of drug-likeness (QED) is 0.841. The summed E-state index contributed by atoms with van der Waals surface area (Å²) in [5, 5.41) is 5.80. The fraction of sp³-hybridized carbons (Fsp3) is 0.235. The van der Waals surface area contributed by atoms with Gasteiger partial charge in [-0.15, -0.1) is 0 Å². The van der Waals surface area contributed by atoms with Gasteiger partial charge in [-0.1, -0.05) is 18.2 Å². The van der Waals surface area contributed by atoms with E-state index >= 15 is 0 Å². The standard InChI is InChI=1S/C17H19N3O2S/c1-17(14-10-9-13(21-2)11-15(14)22-3)18-16(23)20(19-17)12-7-5-4-6-8-12/h4-11,19H,1-3H3,(H,18,23). The molecule has 0 amide bonds. The van der Waals surface area contributed by atoms with Crippen LogP contribution < -0.4 is 25.2 Å².